The van der Waals surface area contributed by atoms with Crippen LogP contribution in [-0.4, -0.2) is 51.7 Å². The molecule has 2 N–H and O–H groups in total. The normalized spacial score (nSPS) is 10.9. The second-order valence-corrected chi connectivity index (χ2v) is 2.76. The summed E-state index contributed by atoms with van der Waals surface area (Å²) in [6.45, 7) is 7.63. The number of hydrogen-bond donors (Lipinski definition) is 2. The van der Waals surface area contributed by atoms with Crippen molar-refractivity contribution >= 4 is 0 Å². The zero-order valence-corrected chi connectivity index (χ0v) is 7.98. The number of likely N-dealkylation sites (N-methyl/N-ethyl adjacent to an activating group) is 3. The molecule has 0 saturated carbocycles. The van der Waals surface area contributed by atoms with E-state index in [-0.39, 0.29) is 0 Å². The zero-order valence-electron chi connectivity index (χ0n) is 7.98. The van der Waals surface area contributed by atoms with Gasteiger partial charge in [-0.1, -0.05) is 6.92 Å². The third kappa shape index (κ3) is 7.78. The lowest BCUT2D eigenvalue weighted by Crippen LogP contribution is -2.33. The van der Waals surface area contributed by atoms with Crippen LogP contribution in [0, 0.1) is 0 Å². The molecule has 0 aromatic rings. The predicted molar refractivity (Wildman–Crippen MR) is 50.0 cm³/mol. The van der Waals surface area contributed by atoms with Gasteiger partial charge in [0.05, 0.1) is 0 Å². The van der Waals surface area contributed by atoms with E-state index in [1.807, 2.05) is 7.05 Å². The lowest BCUT2D eigenvalue weighted by atomic mass is 10.5. The molecule has 68 valence electrons. The third-order valence-corrected chi connectivity index (χ3v) is 1.66. The average Bonchev–Trinajstić information content (AvgIpc) is 2.01. The quantitative estimate of drug-likeness (QED) is 0.502. The first-order valence-corrected chi connectivity index (χ1v) is 4.35. The van der Waals surface area contributed by atoms with Crippen LogP contribution in [0.3, 0.4) is 0 Å². The maximum atomic E-state index is 3.29. The standard InChI is InChI=1S/C8H21N3/c1-4-10-6-8-11(3)7-5-9-2/h9-10H,4-8H2,1-3H3. The highest BCUT2D eigenvalue weighted by atomic mass is 15.1. The van der Waals surface area contributed by atoms with Crippen LogP contribution in [0.1, 0.15) is 6.92 Å². The first-order valence-electron chi connectivity index (χ1n) is 4.35. The molecule has 0 saturated heterocycles. The Balaban J connectivity index is 3.02. The number of nitrogens with zero attached hydrogens (tertiary/aromatic N) is 1. The second kappa shape index (κ2) is 7.98. The SMILES string of the molecule is CCNCCN(C)CCNC. The smallest absolute Gasteiger partial charge is 0.0104 e. The molecule has 11 heavy (non-hydrogen) atoms. The van der Waals surface area contributed by atoms with Crippen LogP contribution in [0.15, 0.2) is 0 Å². The van der Waals surface area contributed by atoms with Crippen LogP contribution in [-0.2, 0) is 0 Å². The van der Waals surface area contributed by atoms with E-state index in [1.54, 1.807) is 0 Å². The van der Waals surface area contributed by atoms with E-state index in [9.17, 15) is 0 Å². The molecule has 3 nitrogen and oxygen atoms in total. The van der Waals surface area contributed by atoms with Crippen LogP contribution < -0.4 is 10.6 Å². The highest BCUT2D eigenvalue weighted by Gasteiger charge is 1.94. The lowest BCUT2D eigenvalue weighted by Gasteiger charge is -2.15. The van der Waals surface area contributed by atoms with Gasteiger partial charge < -0.3 is 15.5 Å². The van der Waals surface area contributed by atoms with Gasteiger partial charge in [0.1, 0.15) is 0 Å². The van der Waals surface area contributed by atoms with E-state index in [0.717, 1.165) is 32.7 Å². The maximum absolute atomic E-state index is 3.29. The molecular formula is C8H21N3. The molecule has 0 amide bonds. The van der Waals surface area contributed by atoms with E-state index in [0.29, 0.717) is 0 Å². The monoisotopic (exact) mass is 159 g/mol. The van der Waals surface area contributed by atoms with Crippen LogP contribution in [0.5, 0.6) is 0 Å². The molecule has 0 aliphatic rings. The molecule has 0 aliphatic carbocycles. The maximum Gasteiger partial charge on any atom is 0.0104 e. The molecule has 0 atom stereocenters. The van der Waals surface area contributed by atoms with Gasteiger partial charge >= 0.3 is 0 Å². The van der Waals surface area contributed by atoms with Crippen molar-refractivity contribution < 1.29 is 0 Å². The third-order valence-electron chi connectivity index (χ3n) is 1.66. The van der Waals surface area contributed by atoms with Crippen molar-refractivity contribution in [2.45, 2.75) is 6.92 Å². The van der Waals surface area contributed by atoms with Crippen LogP contribution in [0.4, 0.5) is 0 Å². The van der Waals surface area contributed by atoms with Crippen LogP contribution in [0.25, 0.3) is 0 Å². The summed E-state index contributed by atoms with van der Waals surface area (Å²) in [5.74, 6) is 0. The van der Waals surface area contributed by atoms with Gasteiger partial charge in [-0.2, -0.15) is 0 Å². The van der Waals surface area contributed by atoms with Crippen molar-refractivity contribution in [3.63, 3.8) is 0 Å². The topological polar surface area (TPSA) is 27.3 Å². The largest absolute Gasteiger partial charge is 0.318 e. The first-order chi connectivity index (χ1) is 5.31. The van der Waals surface area contributed by atoms with Crippen molar-refractivity contribution in [1.82, 2.24) is 15.5 Å². The van der Waals surface area contributed by atoms with Gasteiger partial charge in [-0.25, -0.2) is 0 Å². The Morgan fingerprint density at radius 1 is 1.18 bits per heavy atom. The van der Waals surface area contributed by atoms with Gasteiger partial charge in [0.15, 0.2) is 0 Å². The van der Waals surface area contributed by atoms with Gasteiger partial charge in [-0.15, -0.1) is 0 Å². The molecular weight excluding hydrogens is 138 g/mol. The summed E-state index contributed by atoms with van der Waals surface area (Å²) in [5.41, 5.74) is 0. The number of rotatable bonds is 7. The van der Waals surface area contributed by atoms with E-state index in [2.05, 4.69) is 29.5 Å². The van der Waals surface area contributed by atoms with Crippen molar-refractivity contribution in [2.75, 3.05) is 46.8 Å². The Labute approximate surface area is 70.2 Å². The summed E-state index contributed by atoms with van der Waals surface area (Å²) in [6, 6.07) is 0. The molecule has 0 aromatic carbocycles. The van der Waals surface area contributed by atoms with E-state index >= 15 is 0 Å². The average molecular weight is 159 g/mol. The van der Waals surface area contributed by atoms with Gasteiger partial charge in [0.25, 0.3) is 0 Å². The Hall–Kier alpha value is -0.120. The van der Waals surface area contributed by atoms with Crippen molar-refractivity contribution in [1.29, 1.82) is 0 Å². The Morgan fingerprint density at radius 2 is 1.82 bits per heavy atom. The van der Waals surface area contributed by atoms with E-state index < -0.39 is 0 Å². The second-order valence-electron chi connectivity index (χ2n) is 2.76. The summed E-state index contributed by atoms with van der Waals surface area (Å²) in [4.78, 5) is 2.32. The van der Waals surface area contributed by atoms with Crippen molar-refractivity contribution in [2.24, 2.45) is 0 Å². The first kappa shape index (κ1) is 10.9. The molecule has 0 unspecified atom stereocenters. The molecule has 0 rings (SSSR count). The zero-order chi connectivity index (χ0) is 8.53. The molecule has 3 heteroatoms. The highest BCUT2D eigenvalue weighted by molar-refractivity contribution is 4.54. The van der Waals surface area contributed by atoms with Crippen molar-refractivity contribution in [3.05, 3.63) is 0 Å². The molecule has 0 aromatic heterocycles. The summed E-state index contributed by atoms with van der Waals surface area (Å²) in [7, 11) is 4.13. The molecule has 0 radical (unpaired) electrons. The Morgan fingerprint density at radius 3 is 2.36 bits per heavy atom. The highest BCUT2D eigenvalue weighted by Crippen LogP contribution is 1.77. The van der Waals surface area contributed by atoms with Gasteiger partial charge in [0, 0.05) is 26.2 Å². The van der Waals surface area contributed by atoms with E-state index in [1.165, 1.54) is 0 Å². The summed E-state index contributed by atoms with van der Waals surface area (Å²) in [5, 5.41) is 6.42. The number of hydrogen-bond acceptors (Lipinski definition) is 3. The summed E-state index contributed by atoms with van der Waals surface area (Å²) >= 11 is 0. The molecule has 0 fully saturated rings. The minimum atomic E-state index is 1.07. The van der Waals surface area contributed by atoms with Crippen LogP contribution in [0.2, 0.25) is 0 Å². The minimum absolute atomic E-state index is 1.07. The minimum Gasteiger partial charge on any atom is -0.318 e. The predicted octanol–water partition coefficient (Wildman–Crippen LogP) is -0.253. The van der Waals surface area contributed by atoms with Gasteiger partial charge in [-0.3, -0.25) is 0 Å². The van der Waals surface area contributed by atoms with Crippen LogP contribution >= 0.6 is 0 Å². The fraction of sp³-hybridized carbons (Fsp3) is 1.00. The van der Waals surface area contributed by atoms with Gasteiger partial charge in [-0.05, 0) is 20.6 Å². The van der Waals surface area contributed by atoms with Crippen molar-refractivity contribution in [3.8, 4) is 0 Å². The van der Waals surface area contributed by atoms with Gasteiger partial charge in [0.2, 0.25) is 0 Å². The molecule has 0 spiro atoms. The number of nitrogens with one attached hydrogen (secondary N) is 2. The summed E-state index contributed by atoms with van der Waals surface area (Å²) < 4.78 is 0. The molecule has 0 bridgehead atoms. The lowest BCUT2D eigenvalue weighted by molar-refractivity contribution is 0.334. The fourth-order valence-electron chi connectivity index (χ4n) is 0.861. The molecule has 0 heterocycles. The molecule has 0 aliphatic heterocycles. The fourth-order valence-corrected chi connectivity index (χ4v) is 0.861. The Bertz CT molecular complexity index is 75.7. The Kier molecular flexibility index (Phi) is 7.89. The summed E-state index contributed by atoms with van der Waals surface area (Å²) in [6.07, 6.45) is 0. The van der Waals surface area contributed by atoms with E-state index in [4.69, 9.17) is 0 Å².